The van der Waals surface area contributed by atoms with E-state index in [1.807, 2.05) is 58.0 Å². The molecular formula is C26H45N5O3. The van der Waals surface area contributed by atoms with E-state index in [0.29, 0.717) is 52.0 Å². The van der Waals surface area contributed by atoms with Gasteiger partial charge in [0.25, 0.3) is 0 Å². The Bertz CT molecular complexity index is 704. The van der Waals surface area contributed by atoms with Gasteiger partial charge >= 0.3 is 0 Å². The maximum atomic E-state index is 13.1. The van der Waals surface area contributed by atoms with Crippen LogP contribution >= 0.6 is 0 Å². The van der Waals surface area contributed by atoms with Crippen molar-refractivity contribution >= 4 is 17.6 Å². The van der Waals surface area contributed by atoms with Crippen LogP contribution in [-0.2, 0) is 20.8 Å². The number of likely N-dealkylation sites (N-methyl/N-ethyl adjacent to an activating group) is 3. The molecule has 0 aromatic heterocycles. The summed E-state index contributed by atoms with van der Waals surface area (Å²) in [4.78, 5) is 40.6. The maximum absolute atomic E-state index is 13.1. The van der Waals surface area contributed by atoms with Crippen molar-refractivity contribution in [3.05, 3.63) is 35.9 Å². The summed E-state index contributed by atoms with van der Waals surface area (Å²) in [5, 5.41) is 12.6. The highest BCUT2D eigenvalue weighted by molar-refractivity contribution is 5.93. The van der Waals surface area contributed by atoms with Crippen molar-refractivity contribution in [2.45, 2.75) is 65.5 Å². The summed E-state index contributed by atoms with van der Waals surface area (Å²) >= 11 is 0. The summed E-state index contributed by atoms with van der Waals surface area (Å²) < 4.78 is 0. The van der Waals surface area contributed by atoms with Gasteiger partial charge in [-0.15, -0.1) is 0 Å². The summed E-state index contributed by atoms with van der Waals surface area (Å²) in [6.07, 6.45) is 1.65. The first-order valence-corrected chi connectivity index (χ1v) is 12.8. The van der Waals surface area contributed by atoms with Gasteiger partial charge in [0.1, 0.15) is 0 Å². The Hall–Kier alpha value is -2.29. The van der Waals surface area contributed by atoms with Crippen LogP contribution in [0, 0.1) is 0 Å². The SMILES string of the molecule is CCNCCN(CCNCC)C(=O)CC(NCC)C(=O)NC(CCc1ccccc1)C(=O)CC. The molecule has 0 aliphatic rings. The highest BCUT2D eigenvalue weighted by Gasteiger charge is 2.27. The van der Waals surface area contributed by atoms with Gasteiger partial charge in [0.05, 0.1) is 18.5 Å². The highest BCUT2D eigenvalue weighted by atomic mass is 16.2. The van der Waals surface area contributed by atoms with E-state index in [0.717, 1.165) is 18.7 Å². The van der Waals surface area contributed by atoms with Crippen LogP contribution in [0.25, 0.3) is 0 Å². The van der Waals surface area contributed by atoms with Crippen LogP contribution in [0.1, 0.15) is 52.5 Å². The molecule has 1 rings (SSSR count). The lowest BCUT2D eigenvalue weighted by atomic mass is 10.00. The van der Waals surface area contributed by atoms with Gasteiger partial charge in [-0.2, -0.15) is 0 Å². The predicted molar refractivity (Wildman–Crippen MR) is 138 cm³/mol. The van der Waals surface area contributed by atoms with Crippen LogP contribution in [0.4, 0.5) is 0 Å². The van der Waals surface area contributed by atoms with Gasteiger partial charge in [-0.05, 0) is 38.0 Å². The van der Waals surface area contributed by atoms with Crippen LogP contribution in [0.2, 0.25) is 0 Å². The Labute approximate surface area is 205 Å². The zero-order valence-electron chi connectivity index (χ0n) is 21.5. The molecule has 0 heterocycles. The molecule has 0 bridgehead atoms. The number of rotatable bonds is 19. The number of nitrogens with zero attached hydrogens (tertiary/aromatic N) is 1. The lowest BCUT2D eigenvalue weighted by molar-refractivity contribution is -0.135. The summed E-state index contributed by atoms with van der Waals surface area (Å²) in [6.45, 7) is 12.6. The molecule has 1 aromatic carbocycles. The molecular weight excluding hydrogens is 430 g/mol. The Morgan fingerprint density at radius 1 is 0.853 bits per heavy atom. The second kappa shape index (κ2) is 18.1. The number of carbonyl (C=O) groups is 3. The second-order valence-corrected chi connectivity index (χ2v) is 8.31. The van der Waals surface area contributed by atoms with E-state index in [-0.39, 0.29) is 24.0 Å². The smallest absolute Gasteiger partial charge is 0.238 e. The average Bonchev–Trinajstić information content (AvgIpc) is 2.85. The highest BCUT2D eigenvalue weighted by Crippen LogP contribution is 2.08. The predicted octanol–water partition coefficient (Wildman–Crippen LogP) is 1.50. The zero-order chi connectivity index (χ0) is 25.2. The Balaban J connectivity index is 2.81. The molecule has 0 aliphatic heterocycles. The van der Waals surface area contributed by atoms with Crippen LogP contribution < -0.4 is 21.3 Å². The minimum atomic E-state index is -0.679. The number of benzene rings is 1. The van der Waals surface area contributed by atoms with Gasteiger partial charge in [0.15, 0.2) is 5.78 Å². The molecule has 2 unspecified atom stereocenters. The molecule has 2 amide bonds. The van der Waals surface area contributed by atoms with Gasteiger partial charge in [0.2, 0.25) is 11.8 Å². The average molecular weight is 476 g/mol. The minimum Gasteiger partial charge on any atom is -0.345 e. The van der Waals surface area contributed by atoms with E-state index in [1.54, 1.807) is 4.90 Å². The number of amides is 2. The minimum absolute atomic E-state index is 0.00348. The molecule has 0 spiro atoms. The van der Waals surface area contributed by atoms with Crippen LogP contribution in [0.5, 0.6) is 0 Å². The molecule has 0 saturated carbocycles. The van der Waals surface area contributed by atoms with E-state index in [1.165, 1.54) is 0 Å². The van der Waals surface area contributed by atoms with E-state index >= 15 is 0 Å². The first-order chi connectivity index (χ1) is 16.5. The molecule has 8 heteroatoms. The Morgan fingerprint density at radius 2 is 1.47 bits per heavy atom. The summed E-state index contributed by atoms with van der Waals surface area (Å²) in [6, 6.07) is 8.69. The topological polar surface area (TPSA) is 103 Å². The number of hydrogen-bond donors (Lipinski definition) is 4. The van der Waals surface area contributed by atoms with E-state index < -0.39 is 12.1 Å². The summed E-state index contributed by atoms with van der Waals surface area (Å²) in [5.74, 6) is -0.364. The van der Waals surface area contributed by atoms with Gasteiger partial charge in [0, 0.05) is 32.6 Å². The number of aryl methyl sites for hydroxylation is 1. The Kier molecular flexibility index (Phi) is 15.8. The normalized spacial score (nSPS) is 12.7. The number of hydrogen-bond acceptors (Lipinski definition) is 6. The van der Waals surface area contributed by atoms with Gasteiger partial charge in [-0.1, -0.05) is 58.0 Å². The lowest BCUT2D eigenvalue weighted by Gasteiger charge is -2.27. The molecule has 0 aliphatic carbocycles. The van der Waals surface area contributed by atoms with Gasteiger partial charge in [-0.25, -0.2) is 0 Å². The first kappa shape index (κ1) is 29.7. The lowest BCUT2D eigenvalue weighted by Crippen LogP contribution is -2.52. The van der Waals surface area contributed by atoms with Crippen LogP contribution in [-0.4, -0.2) is 80.4 Å². The third kappa shape index (κ3) is 11.7. The fourth-order valence-electron chi connectivity index (χ4n) is 3.74. The fraction of sp³-hybridized carbons (Fsp3) is 0.654. The molecule has 4 N–H and O–H groups in total. The summed E-state index contributed by atoms with van der Waals surface area (Å²) in [5.41, 5.74) is 1.13. The monoisotopic (exact) mass is 475 g/mol. The van der Waals surface area contributed by atoms with Crippen molar-refractivity contribution in [1.29, 1.82) is 0 Å². The van der Waals surface area contributed by atoms with Crippen molar-refractivity contribution < 1.29 is 14.4 Å². The zero-order valence-corrected chi connectivity index (χ0v) is 21.5. The third-order valence-corrected chi connectivity index (χ3v) is 5.73. The molecule has 0 fully saturated rings. The van der Waals surface area contributed by atoms with Crippen LogP contribution in [0.3, 0.4) is 0 Å². The van der Waals surface area contributed by atoms with E-state index in [4.69, 9.17) is 0 Å². The van der Waals surface area contributed by atoms with Crippen molar-refractivity contribution in [2.24, 2.45) is 0 Å². The van der Waals surface area contributed by atoms with Gasteiger partial charge in [-0.3, -0.25) is 14.4 Å². The maximum Gasteiger partial charge on any atom is 0.238 e. The molecule has 0 radical (unpaired) electrons. The standard InChI is InChI=1S/C26H45N5O3/c1-5-24(32)22(15-14-21-12-10-9-11-13-21)30-26(34)23(29-8-4)20-25(33)31(18-16-27-6-2)19-17-28-7-3/h9-13,22-23,27-29H,5-8,14-20H2,1-4H3,(H,30,34). The molecule has 2 atom stereocenters. The van der Waals surface area contributed by atoms with Crippen molar-refractivity contribution in [3.8, 4) is 0 Å². The van der Waals surface area contributed by atoms with E-state index in [9.17, 15) is 14.4 Å². The molecule has 192 valence electrons. The molecule has 8 nitrogen and oxygen atoms in total. The quantitative estimate of drug-likeness (QED) is 0.226. The largest absolute Gasteiger partial charge is 0.345 e. The third-order valence-electron chi connectivity index (χ3n) is 5.73. The van der Waals surface area contributed by atoms with Crippen molar-refractivity contribution in [1.82, 2.24) is 26.2 Å². The second-order valence-electron chi connectivity index (χ2n) is 8.31. The fourth-order valence-corrected chi connectivity index (χ4v) is 3.74. The summed E-state index contributed by atoms with van der Waals surface area (Å²) in [7, 11) is 0. The first-order valence-electron chi connectivity index (χ1n) is 12.8. The number of carbonyl (C=O) groups excluding carboxylic acids is 3. The van der Waals surface area contributed by atoms with Crippen molar-refractivity contribution in [2.75, 3.05) is 45.8 Å². The number of ketones is 1. The number of Topliss-reactive ketones (excluding diaryl/α,β-unsaturated/α-hetero) is 1. The van der Waals surface area contributed by atoms with Gasteiger partial charge < -0.3 is 26.2 Å². The van der Waals surface area contributed by atoms with Crippen molar-refractivity contribution in [3.63, 3.8) is 0 Å². The number of nitrogens with one attached hydrogen (secondary N) is 4. The molecule has 1 aromatic rings. The molecule has 0 saturated heterocycles. The Morgan fingerprint density at radius 3 is 2.00 bits per heavy atom. The van der Waals surface area contributed by atoms with Crippen LogP contribution in [0.15, 0.2) is 30.3 Å². The molecule has 34 heavy (non-hydrogen) atoms. The van der Waals surface area contributed by atoms with E-state index in [2.05, 4.69) is 21.3 Å².